The highest BCUT2D eigenvalue weighted by molar-refractivity contribution is 5.69. The summed E-state index contributed by atoms with van der Waals surface area (Å²) < 4.78 is 40.8. The van der Waals surface area contributed by atoms with Crippen LogP contribution in [0, 0.1) is 0 Å². The molecule has 0 spiro atoms. The average molecular weight is 268 g/mol. The predicted octanol–water partition coefficient (Wildman–Crippen LogP) is 2.15. The molecule has 1 heterocycles. The van der Waals surface area contributed by atoms with Gasteiger partial charge in [0.1, 0.15) is 5.60 Å². The maximum absolute atomic E-state index is 11.9. The summed E-state index contributed by atoms with van der Waals surface area (Å²) in [4.78, 5) is 13.0. The summed E-state index contributed by atoms with van der Waals surface area (Å²) >= 11 is 0. The van der Waals surface area contributed by atoms with Crippen molar-refractivity contribution in [1.82, 2.24) is 10.2 Å². The van der Waals surface area contributed by atoms with Crippen LogP contribution < -0.4 is 5.32 Å². The maximum Gasteiger partial charge on any atom is 0.410 e. The zero-order chi connectivity index (χ0) is 14.0. The average Bonchev–Trinajstić information content (AvgIpc) is 2.03. The van der Waals surface area contributed by atoms with E-state index in [4.69, 9.17) is 4.74 Å². The largest absolute Gasteiger partial charge is 0.444 e. The van der Waals surface area contributed by atoms with Gasteiger partial charge in [0, 0.05) is 25.7 Å². The fraction of sp³-hybridized carbons (Fsp3) is 0.909. The van der Waals surface area contributed by atoms with Crippen LogP contribution in [-0.4, -0.2) is 48.4 Å². The van der Waals surface area contributed by atoms with Gasteiger partial charge in [-0.25, -0.2) is 4.79 Å². The Morgan fingerprint density at radius 1 is 1.33 bits per heavy atom. The van der Waals surface area contributed by atoms with Crippen molar-refractivity contribution in [2.24, 2.45) is 0 Å². The quantitative estimate of drug-likeness (QED) is 0.852. The molecule has 106 valence electrons. The molecule has 4 nitrogen and oxygen atoms in total. The van der Waals surface area contributed by atoms with E-state index in [1.807, 2.05) is 0 Å². The number of nitrogens with zero attached hydrogens (tertiary/aromatic N) is 1. The smallest absolute Gasteiger partial charge is 0.410 e. The Kier molecular flexibility index (Phi) is 4.47. The standard InChI is InChI=1S/C11H19F3N2O2/c1-10(2,3)18-9(17)16-6-8(7-16)15-5-4-11(12,13)14/h8,15H,4-7H2,1-3H3. The van der Waals surface area contributed by atoms with Crippen LogP contribution in [-0.2, 0) is 4.74 Å². The van der Waals surface area contributed by atoms with Crippen molar-refractivity contribution < 1.29 is 22.7 Å². The number of hydrogen-bond donors (Lipinski definition) is 1. The summed E-state index contributed by atoms with van der Waals surface area (Å²) in [7, 11) is 0. The summed E-state index contributed by atoms with van der Waals surface area (Å²) in [6, 6.07) is -0.0696. The van der Waals surface area contributed by atoms with Gasteiger partial charge in [0.05, 0.1) is 6.42 Å². The van der Waals surface area contributed by atoms with E-state index in [0.29, 0.717) is 13.1 Å². The van der Waals surface area contributed by atoms with E-state index in [2.05, 4.69) is 5.32 Å². The predicted molar refractivity (Wildman–Crippen MR) is 60.3 cm³/mol. The van der Waals surface area contributed by atoms with Gasteiger partial charge in [-0.05, 0) is 20.8 Å². The Morgan fingerprint density at radius 2 is 1.89 bits per heavy atom. The minimum Gasteiger partial charge on any atom is -0.444 e. The summed E-state index contributed by atoms with van der Waals surface area (Å²) in [6.45, 7) is 5.98. The van der Waals surface area contributed by atoms with Crippen LogP contribution in [0.4, 0.5) is 18.0 Å². The number of carbonyl (C=O) groups excluding carboxylic acids is 1. The molecule has 18 heavy (non-hydrogen) atoms. The molecule has 1 saturated heterocycles. The number of rotatable bonds is 3. The molecule has 1 fully saturated rings. The van der Waals surface area contributed by atoms with Gasteiger partial charge >= 0.3 is 12.3 Å². The lowest BCUT2D eigenvalue weighted by molar-refractivity contribution is -0.134. The molecule has 0 atom stereocenters. The molecule has 1 aliphatic heterocycles. The van der Waals surface area contributed by atoms with Gasteiger partial charge in [0.2, 0.25) is 0 Å². The van der Waals surface area contributed by atoms with Crippen LogP contribution in [0.25, 0.3) is 0 Å². The third-order valence-electron chi connectivity index (χ3n) is 2.37. The third-order valence-corrected chi connectivity index (χ3v) is 2.37. The van der Waals surface area contributed by atoms with Crippen LogP contribution in [0.5, 0.6) is 0 Å². The van der Waals surface area contributed by atoms with Crippen LogP contribution in [0.15, 0.2) is 0 Å². The molecule has 0 bridgehead atoms. The molecule has 1 rings (SSSR count). The van der Waals surface area contributed by atoms with E-state index in [0.717, 1.165) is 0 Å². The highest BCUT2D eigenvalue weighted by Gasteiger charge is 2.34. The van der Waals surface area contributed by atoms with Gasteiger partial charge in [-0.3, -0.25) is 0 Å². The summed E-state index contributed by atoms with van der Waals surface area (Å²) in [5.74, 6) is 0. The van der Waals surface area contributed by atoms with Crippen molar-refractivity contribution in [1.29, 1.82) is 0 Å². The first-order valence-electron chi connectivity index (χ1n) is 5.85. The van der Waals surface area contributed by atoms with Gasteiger partial charge in [-0.15, -0.1) is 0 Å². The fourth-order valence-corrected chi connectivity index (χ4v) is 1.50. The third kappa shape index (κ3) is 5.57. The first-order chi connectivity index (χ1) is 8.07. The molecule has 0 unspecified atom stereocenters. The molecule has 0 saturated carbocycles. The molecule has 1 aliphatic rings. The Balaban J connectivity index is 2.15. The van der Waals surface area contributed by atoms with E-state index in [-0.39, 0.29) is 12.6 Å². The maximum atomic E-state index is 11.9. The monoisotopic (exact) mass is 268 g/mol. The second-order valence-corrected chi connectivity index (χ2v) is 5.40. The lowest BCUT2D eigenvalue weighted by atomic mass is 10.1. The van der Waals surface area contributed by atoms with Crippen molar-refractivity contribution in [3.05, 3.63) is 0 Å². The van der Waals surface area contributed by atoms with E-state index >= 15 is 0 Å². The minimum atomic E-state index is -4.14. The fourth-order valence-electron chi connectivity index (χ4n) is 1.50. The molecule has 1 N–H and O–H groups in total. The van der Waals surface area contributed by atoms with E-state index in [9.17, 15) is 18.0 Å². The zero-order valence-electron chi connectivity index (χ0n) is 10.8. The highest BCUT2D eigenvalue weighted by Crippen LogP contribution is 2.19. The van der Waals surface area contributed by atoms with E-state index < -0.39 is 24.3 Å². The molecule has 0 aromatic carbocycles. The molecular weight excluding hydrogens is 249 g/mol. The van der Waals surface area contributed by atoms with Crippen molar-refractivity contribution >= 4 is 6.09 Å². The molecule has 7 heteroatoms. The molecule has 0 aliphatic carbocycles. The van der Waals surface area contributed by atoms with Crippen molar-refractivity contribution in [3.63, 3.8) is 0 Å². The lowest BCUT2D eigenvalue weighted by Gasteiger charge is -2.40. The van der Waals surface area contributed by atoms with Gasteiger partial charge in [-0.1, -0.05) is 0 Å². The van der Waals surface area contributed by atoms with Crippen molar-refractivity contribution in [3.8, 4) is 0 Å². The SMILES string of the molecule is CC(C)(C)OC(=O)N1CC(NCCC(F)(F)F)C1. The van der Waals surface area contributed by atoms with Gasteiger partial charge in [0.25, 0.3) is 0 Å². The number of halogens is 3. The second-order valence-electron chi connectivity index (χ2n) is 5.40. The molecule has 0 radical (unpaired) electrons. The van der Waals surface area contributed by atoms with Crippen LogP contribution in [0.2, 0.25) is 0 Å². The van der Waals surface area contributed by atoms with Gasteiger partial charge < -0.3 is 15.0 Å². The lowest BCUT2D eigenvalue weighted by Crippen LogP contribution is -2.60. The Morgan fingerprint density at radius 3 is 2.33 bits per heavy atom. The molecule has 0 aromatic rings. The van der Waals surface area contributed by atoms with E-state index in [1.165, 1.54) is 4.90 Å². The van der Waals surface area contributed by atoms with Crippen LogP contribution in [0.3, 0.4) is 0 Å². The van der Waals surface area contributed by atoms with Crippen molar-refractivity contribution in [2.75, 3.05) is 19.6 Å². The Bertz CT molecular complexity index is 294. The number of hydrogen-bond acceptors (Lipinski definition) is 3. The Hall–Kier alpha value is -0.980. The summed E-state index contributed by atoms with van der Waals surface area (Å²) in [5.41, 5.74) is -0.550. The number of likely N-dealkylation sites (tertiary alicyclic amines) is 1. The number of alkyl halides is 3. The van der Waals surface area contributed by atoms with E-state index in [1.54, 1.807) is 20.8 Å². The molecule has 0 aromatic heterocycles. The molecule has 1 amide bonds. The second kappa shape index (κ2) is 5.34. The van der Waals surface area contributed by atoms with Crippen LogP contribution >= 0.6 is 0 Å². The number of ether oxygens (including phenoxy) is 1. The number of nitrogens with one attached hydrogen (secondary N) is 1. The molecular formula is C11H19F3N2O2. The first kappa shape index (κ1) is 15.1. The zero-order valence-corrected chi connectivity index (χ0v) is 10.8. The summed E-state index contributed by atoms with van der Waals surface area (Å²) in [6.07, 6.45) is -5.41. The van der Waals surface area contributed by atoms with Crippen LogP contribution in [0.1, 0.15) is 27.2 Å². The van der Waals surface area contributed by atoms with Crippen molar-refractivity contribution in [2.45, 2.75) is 45.0 Å². The normalized spacial score (nSPS) is 17.6. The first-order valence-corrected chi connectivity index (χ1v) is 5.85. The summed E-state index contributed by atoms with van der Waals surface area (Å²) in [5, 5.41) is 2.75. The number of carbonyl (C=O) groups is 1. The highest BCUT2D eigenvalue weighted by atomic mass is 19.4. The number of amides is 1. The minimum absolute atomic E-state index is 0.0696. The topological polar surface area (TPSA) is 41.6 Å². The van der Waals surface area contributed by atoms with Gasteiger partial charge in [0.15, 0.2) is 0 Å². The Labute approximate surface area is 104 Å². The van der Waals surface area contributed by atoms with Gasteiger partial charge in [-0.2, -0.15) is 13.2 Å².